The van der Waals surface area contributed by atoms with Gasteiger partial charge in [0.05, 0.1) is 19.3 Å². The first-order valence-electron chi connectivity index (χ1n) is 6.11. The molecule has 2 aliphatic carbocycles. The van der Waals surface area contributed by atoms with Gasteiger partial charge >= 0.3 is 0 Å². The van der Waals surface area contributed by atoms with Crippen molar-refractivity contribution in [3.05, 3.63) is 0 Å². The highest BCUT2D eigenvalue weighted by molar-refractivity contribution is 5.09. The molecule has 15 heavy (non-hydrogen) atoms. The quantitative estimate of drug-likeness (QED) is 0.703. The molecule has 2 unspecified atom stereocenters. The lowest BCUT2D eigenvalue weighted by Crippen LogP contribution is -2.62. The Kier molecular flexibility index (Phi) is 3.65. The first kappa shape index (κ1) is 11.4. The molecule has 0 bridgehead atoms. The number of ether oxygens (including phenoxy) is 2. The molecule has 0 aliphatic heterocycles. The summed E-state index contributed by atoms with van der Waals surface area (Å²) in [6.07, 6.45) is 7.10. The normalized spacial score (nSPS) is 33.2. The SMILES string of the molecule is CNC1CC(OCCOC)C12CCCC2. The van der Waals surface area contributed by atoms with Crippen molar-refractivity contribution in [2.24, 2.45) is 5.41 Å². The van der Waals surface area contributed by atoms with Crippen molar-refractivity contribution in [1.29, 1.82) is 0 Å². The standard InChI is InChI=1S/C12H23NO2/c1-13-10-9-11(15-8-7-14-2)12(10)5-3-4-6-12/h10-11,13H,3-9H2,1-2H3. The highest BCUT2D eigenvalue weighted by Gasteiger charge is 2.55. The van der Waals surface area contributed by atoms with Crippen molar-refractivity contribution in [3.8, 4) is 0 Å². The molecule has 0 radical (unpaired) electrons. The van der Waals surface area contributed by atoms with Crippen LogP contribution in [0.5, 0.6) is 0 Å². The Morgan fingerprint density at radius 1 is 1.27 bits per heavy atom. The van der Waals surface area contributed by atoms with Crippen LogP contribution in [-0.2, 0) is 9.47 Å². The van der Waals surface area contributed by atoms with E-state index in [1.165, 1.54) is 32.1 Å². The van der Waals surface area contributed by atoms with Crippen LogP contribution in [0.2, 0.25) is 0 Å². The summed E-state index contributed by atoms with van der Waals surface area (Å²) in [5.41, 5.74) is 0.461. The van der Waals surface area contributed by atoms with Gasteiger partial charge in [0.15, 0.2) is 0 Å². The van der Waals surface area contributed by atoms with E-state index in [1.807, 2.05) is 0 Å². The summed E-state index contributed by atoms with van der Waals surface area (Å²) in [5, 5.41) is 3.44. The number of hydrogen-bond donors (Lipinski definition) is 1. The van der Waals surface area contributed by atoms with Crippen LogP contribution in [-0.4, -0.2) is 39.5 Å². The van der Waals surface area contributed by atoms with Gasteiger partial charge in [0.2, 0.25) is 0 Å². The fraction of sp³-hybridized carbons (Fsp3) is 1.00. The van der Waals surface area contributed by atoms with Gasteiger partial charge in [-0.25, -0.2) is 0 Å². The van der Waals surface area contributed by atoms with Crippen molar-refractivity contribution < 1.29 is 9.47 Å². The Morgan fingerprint density at radius 2 is 2.00 bits per heavy atom. The van der Waals surface area contributed by atoms with Crippen molar-refractivity contribution in [2.75, 3.05) is 27.4 Å². The van der Waals surface area contributed by atoms with E-state index < -0.39 is 0 Å². The zero-order valence-electron chi connectivity index (χ0n) is 9.92. The Morgan fingerprint density at radius 3 is 2.60 bits per heavy atom. The van der Waals surface area contributed by atoms with Crippen LogP contribution in [0.1, 0.15) is 32.1 Å². The molecule has 0 aromatic carbocycles. The van der Waals surface area contributed by atoms with Crippen LogP contribution < -0.4 is 5.32 Å². The Bertz CT molecular complexity index is 202. The summed E-state index contributed by atoms with van der Waals surface area (Å²) >= 11 is 0. The molecule has 1 N–H and O–H groups in total. The number of nitrogens with one attached hydrogen (secondary N) is 1. The van der Waals surface area contributed by atoms with Crippen LogP contribution in [0.25, 0.3) is 0 Å². The maximum atomic E-state index is 5.92. The van der Waals surface area contributed by atoms with Crippen LogP contribution in [0, 0.1) is 5.41 Å². The molecule has 2 atom stereocenters. The zero-order valence-corrected chi connectivity index (χ0v) is 9.92. The largest absolute Gasteiger partial charge is 0.382 e. The fourth-order valence-electron chi connectivity index (χ4n) is 3.36. The van der Waals surface area contributed by atoms with Crippen LogP contribution in [0.15, 0.2) is 0 Å². The highest BCUT2D eigenvalue weighted by Crippen LogP contribution is 2.54. The van der Waals surface area contributed by atoms with Crippen molar-refractivity contribution >= 4 is 0 Å². The van der Waals surface area contributed by atoms with E-state index in [1.54, 1.807) is 7.11 Å². The van der Waals surface area contributed by atoms with Crippen molar-refractivity contribution in [3.63, 3.8) is 0 Å². The molecule has 0 heterocycles. The molecular weight excluding hydrogens is 190 g/mol. The van der Waals surface area contributed by atoms with Crippen LogP contribution in [0.4, 0.5) is 0 Å². The van der Waals surface area contributed by atoms with Gasteiger partial charge in [-0.2, -0.15) is 0 Å². The monoisotopic (exact) mass is 213 g/mol. The second-order valence-electron chi connectivity index (χ2n) is 4.87. The predicted molar refractivity (Wildman–Crippen MR) is 60.0 cm³/mol. The van der Waals surface area contributed by atoms with Gasteiger partial charge in [0.1, 0.15) is 0 Å². The Balaban J connectivity index is 1.85. The van der Waals surface area contributed by atoms with Crippen LogP contribution in [0.3, 0.4) is 0 Å². The lowest BCUT2D eigenvalue weighted by atomic mass is 9.60. The molecule has 0 aromatic heterocycles. The molecule has 3 nitrogen and oxygen atoms in total. The van der Waals surface area contributed by atoms with Gasteiger partial charge in [-0.1, -0.05) is 12.8 Å². The number of hydrogen-bond acceptors (Lipinski definition) is 3. The molecule has 2 saturated carbocycles. The molecule has 2 aliphatic rings. The molecule has 0 aromatic rings. The summed E-state index contributed by atoms with van der Waals surface area (Å²) in [4.78, 5) is 0. The van der Waals surface area contributed by atoms with E-state index in [0.29, 0.717) is 17.6 Å². The van der Waals surface area contributed by atoms with Crippen LogP contribution >= 0.6 is 0 Å². The average molecular weight is 213 g/mol. The van der Waals surface area contributed by atoms with E-state index in [-0.39, 0.29) is 0 Å². The first-order valence-corrected chi connectivity index (χ1v) is 6.11. The topological polar surface area (TPSA) is 30.5 Å². The molecule has 3 heteroatoms. The average Bonchev–Trinajstić information content (AvgIpc) is 2.74. The Hall–Kier alpha value is -0.120. The van der Waals surface area contributed by atoms with E-state index in [2.05, 4.69) is 12.4 Å². The Labute approximate surface area is 92.5 Å². The second kappa shape index (κ2) is 4.81. The lowest BCUT2D eigenvalue weighted by molar-refractivity contribution is -0.138. The van der Waals surface area contributed by atoms with E-state index in [0.717, 1.165) is 13.2 Å². The third-order valence-electron chi connectivity index (χ3n) is 4.27. The van der Waals surface area contributed by atoms with E-state index >= 15 is 0 Å². The van der Waals surface area contributed by atoms with E-state index in [9.17, 15) is 0 Å². The van der Waals surface area contributed by atoms with Gasteiger partial charge in [-0.3, -0.25) is 0 Å². The molecular formula is C12H23NO2. The molecule has 2 fully saturated rings. The summed E-state index contributed by atoms with van der Waals surface area (Å²) in [7, 11) is 3.81. The molecule has 88 valence electrons. The van der Waals surface area contributed by atoms with Gasteiger partial charge < -0.3 is 14.8 Å². The molecule has 0 saturated heterocycles. The van der Waals surface area contributed by atoms with Crippen molar-refractivity contribution in [2.45, 2.75) is 44.2 Å². The fourth-order valence-corrected chi connectivity index (χ4v) is 3.36. The molecule has 2 rings (SSSR count). The first-order chi connectivity index (χ1) is 7.33. The number of methoxy groups -OCH3 is 1. The summed E-state index contributed by atoms with van der Waals surface area (Å²) < 4.78 is 10.9. The zero-order chi connectivity index (χ0) is 10.7. The minimum atomic E-state index is 0.461. The second-order valence-corrected chi connectivity index (χ2v) is 4.87. The lowest BCUT2D eigenvalue weighted by Gasteiger charge is -2.54. The summed E-state index contributed by atoms with van der Waals surface area (Å²) in [6, 6.07) is 0.688. The van der Waals surface area contributed by atoms with E-state index in [4.69, 9.17) is 9.47 Å². The minimum Gasteiger partial charge on any atom is -0.382 e. The summed E-state index contributed by atoms with van der Waals surface area (Å²) in [5.74, 6) is 0. The molecule has 1 spiro atoms. The third-order valence-corrected chi connectivity index (χ3v) is 4.27. The predicted octanol–water partition coefficient (Wildman–Crippen LogP) is 1.57. The van der Waals surface area contributed by atoms with Crippen molar-refractivity contribution in [1.82, 2.24) is 5.32 Å². The van der Waals surface area contributed by atoms with Gasteiger partial charge in [0.25, 0.3) is 0 Å². The maximum Gasteiger partial charge on any atom is 0.0704 e. The third kappa shape index (κ3) is 1.93. The number of rotatable bonds is 5. The smallest absolute Gasteiger partial charge is 0.0704 e. The van der Waals surface area contributed by atoms with Gasteiger partial charge in [-0.15, -0.1) is 0 Å². The molecule has 0 amide bonds. The summed E-state index contributed by atoms with van der Waals surface area (Å²) in [6.45, 7) is 1.47. The van der Waals surface area contributed by atoms with Gasteiger partial charge in [0, 0.05) is 18.6 Å². The highest BCUT2D eigenvalue weighted by atomic mass is 16.5. The maximum absolute atomic E-state index is 5.92. The van der Waals surface area contributed by atoms with Gasteiger partial charge in [-0.05, 0) is 26.3 Å². The minimum absolute atomic E-state index is 0.461.